The van der Waals surface area contributed by atoms with Crippen molar-refractivity contribution in [2.75, 3.05) is 13.1 Å². The molecular formula is C33H52N4O7. The fourth-order valence-electron chi connectivity index (χ4n) is 6.64. The second-order valence-corrected chi connectivity index (χ2v) is 13.9. The highest BCUT2D eigenvalue weighted by atomic mass is 16.6. The highest BCUT2D eigenvalue weighted by Gasteiger charge is 2.56. The number of hydrogen-bond donors (Lipinski definition) is 3. The third kappa shape index (κ3) is 9.39. The van der Waals surface area contributed by atoms with E-state index in [0.29, 0.717) is 19.3 Å². The number of nitrogens with one attached hydrogen (secondary N) is 3. The van der Waals surface area contributed by atoms with Crippen LogP contribution in [0.2, 0.25) is 0 Å². The van der Waals surface area contributed by atoms with Crippen LogP contribution in [0.3, 0.4) is 0 Å². The molecule has 11 heteroatoms. The predicted molar refractivity (Wildman–Crippen MR) is 166 cm³/mol. The van der Waals surface area contributed by atoms with E-state index in [9.17, 15) is 24.0 Å². The van der Waals surface area contributed by atoms with Crippen LogP contribution in [0.5, 0.6) is 0 Å². The SMILES string of the molecule is C=CCCNC(=O)C(=O)C(CCC=C)NC(=O)C1[C@@H]2CC(C)(C)OC2CN1C(=O)C(NC(=O)OC(C)(C)C)C1CCCCC1. The largest absolute Gasteiger partial charge is 0.444 e. The molecular weight excluding hydrogens is 564 g/mol. The Bertz CT molecular complexity index is 1090. The molecule has 2 aliphatic heterocycles. The summed E-state index contributed by atoms with van der Waals surface area (Å²) >= 11 is 0. The van der Waals surface area contributed by atoms with E-state index in [4.69, 9.17) is 9.47 Å². The van der Waals surface area contributed by atoms with Crippen molar-refractivity contribution in [1.29, 1.82) is 0 Å². The molecule has 5 atom stereocenters. The zero-order valence-corrected chi connectivity index (χ0v) is 27.1. The van der Waals surface area contributed by atoms with Crippen molar-refractivity contribution in [1.82, 2.24) is 20.9 Å². The zero-order valence-electron chi connectivity index (χ0n) is 27.1. The van der Waals surface area contributed by atoms with Gasteiger partial charge in [0.05, 0.1) is 17.7 Å². The van der Waals surface area contributed by atoms with Gasteiger partial charge in [0.1, 0.15) is 17.7 Å². The van der Waals surface area contributed by atoms with Crippen LogP contribution < -0.4 is 16.0 Å². The Morgan fingerprint density at radius 2 is 1.68 bits per heavy atom. The minimum Gasteiger partial charge on any atom is -0.444 e. The summed E-state index contributed by atoms with van der Waals surface area (Å²) in [5.41, 5.74) is -1.24. The molecule has 3 fully saturated rings. The number of ketones is 1. The monoisotopic (exact) mass is 616 g/mol. The van der Waals surface area contributed by atoms with Gasteiger partial charge in [-0.25, -0.2) is 4.79 Å². The van der Waals surface area contributed by atoms with Crippen molar-refractivity contribution in [2.24, 2.45) is 11.8 Å². The Balaban J connectivity index is 1.89. The van der Waals surface area contributed by atoms with E-state index in [-0.39, 0.29) is 43.4 Å². The summed E-state index contributed by atoms with van der Waals surface area (Å²) in [5, 5.41) is 8.21. The second kappa shape index (κ2) is 15.2. The van der Waals surface area contributed by atoms with E-state index >= 15 is 0 Å². The molecule has 0 spiro atoms. The molecule has 1 saturated carbocycles. The van der Waals surface area contributed by atoms with E-state index in [1.807, 2.05) is 13.8 Å². The van der Waals surface area contributed by atoms with Crippen LogP contribution in [0.4, 0.5) is 4.79 Å². The van der Waals surface area contributed by atoms with Gasteiger partial charge < -0.3 is 30.3 Å². The van der Waals surface area contributed by atoms with Gasteiger partial charge in [-0.1, -0.05) is 31.4 Å². The van der Waals surface area contributed by atoms with Gasteiger partial charge in [0.15, 0.2) is 0 Å². The van der Waals surface area contributed by atoms with E-state index < -0.39 is 53.0 Å². The Labute approximate surface area is 261 Å². The number of allylic oxidation sites excluding steroid dienone is 1. The normalized spacial score (nSPS) is 24.4. The maximum Gasteiger partial charge on any atom is 0.408 e. The Hall–Kier alpha value is -3.21. The highest BCUT2D eigenvalue weighted by molar-refractivity contribution is 6.38. The summed E-state index contributed by atoms with van der Waals surface area (Å²) < 4.78 is 11.8. The molecule has 0 aromatic heterocycles. The predicted octanol–water partition coefficient (Wildman–Crippen LogP) is 3.57. The van der Waals surface area contributed by atoms with Crippen molar-refractivity contribution in [2.45, 2.75) is 128 Å². The number of likely N-dealkylation sites (tertiary alicyclic amines) is 1. The first kappa shape index (κ1) is 35.3. The van der Waals surface area contributed by atoms with Crippen molar-refractivity contribution >= 4 is 29.6 Å². The molecule has 3 rings (SSSR count). The third-order valence-corrected chi connectivity index (χ3v) is 8.55. The van der Waals surface area contributed by atoms with E-state index in [0.717, 1.165) is 32.1 Å². The quantitative estimate of drug-likeness (QED) is 0.163. The number of alkyl carbamates (subject to hydrolysis) is 1. The fourth-order valence-corrected chi connectivity index (χ4v) is 6.64. The van der Waals surface area contributed by atoms with E-state index in [2.05, 4.69) is 29.1 Å². The fraction of sp³-hybridized carbons (Fsp3) is 0.727. The lowest BCUT2D eigenvalue weighted by molar-refractivity contribution is -0.144. The molecule has 0 radical (unpaired) electrons. The molecule has 0 bridgehead atoms. The average molecular weight is 617 g/mol. The minimum absolute atomic E-state index is 0.105. The van der Waals surface area contributed by atoms with Crippen molar-refractivity contribution in [3.63, 3.8) is 0 Å². The average Bonchev–Trinajstić information content (AvgIpc) is 3.44. The summed E-state index contributed by atoms with van der Waals surface area (Å²) in [5.74, 6) is -2.86. The summed E-state index contributed by atoms with van der Waals surface area (Å²) in [7, 11) is 0. The van der Waals surface area contributed by atoms with Crippen molar-refractivity contribution in [3.8, 4) is 0 Å². The van der Waals surface area contributed by atoms with Crippen LogP contribution in [-0.2, 0) is 28.7 Å². The molecule has 2 heterocycles. The number of Topliss-reactive ketones (excluding diaryl/α,β-unsaturated/α-hetero) is 1. The molecule has 3 aliphatic rings. The number of nitrogens with zero attached hydrogens (tertiary/aromatic N) is 1. The summed E-state index contributed by atoms with van der Waals surface area (Å²) in [6.45, 7) is 16.9. The van der Waals surface area contributed by atoms with Crippen LogP contribution in [0.15, 0.2) is 25.3 Å². The Morgan fingerprint density at radius 1 is 1.02 bits per heavy atom. The maximum absolute atomic E-state index is 14.4. The number of carbonyl (C=O) groups excluding carboxylic acids is 5. The maximum atomic E-state index is 14.4. The van der Waals surface area contributed by atoms with Crippen LogP contribution in [-0.4, -0.2) is 83.0 Å². The van der Waals surface area contributed by atoms with Crippen LogP contribution >= 0.6 is 0 Å². The Morgan fingerprint density at radius 3 is 2.30 bits per heavy atom. The molecule has 3 N–H and O–H groups in total. The van der Waals surface area contributed by atoms with E-state index in [1.165, 1.54) is 4.90 Å². The zero-order chi connectivity index (χ0) is 32.7. The number of ether oxygens (including phenoxy) is 2. The van der Waals surface area contributed by atoms with Gasteiger partial charge in [0.25, 0.3) is 5.91 Å². The number of rotatable bonds is 13. The molecule has 4 amide bonds. The molecule has 246 valence electrons. The van der Waals surface area contributed by atoms with Gasteiger partial charge in [-0.15, -0.1) is 13.2 Å². The number of hydrogen-bond acceptors (Lipinski definition) is 7. The summed E-state index contributed by atoms with van der Waals surface area (Å²) in [6.07, 6.45) is 8.28. The topological polar surface area (TPSA) is 143 Å². The lowest BCUT2D eigenvalue weighted by atomic mass is 9.83. The van der Waals surface area contributed by atoms with Crippen LogP contribution in [0.25, 0.3) is 0 Å². The molecule has 4 unspecified atom stereocenters. The Kier molecular flexibility index (Phi) is 12.2. The summed E-state index contributed by atoms with van der Waals surface area (Å²) in [6, 6.07) is -2.91. The second-order valence-electron chi connectivity index (χ2n) is 13.9. The standard InChI is InChI=1S/C33H52N4O7/c1-8-10-17-23(27(38)29(40)34-18-11-9-2)35-28(39)26-22-19-33(6,7)43-24(22)20-37(26)30(41)25(21-15-13-12-14-16-21)36-31(42)44-32(3,4)5/h8-9,21-26H,1-2,10-20H2,3-7H3,(H,34,40)(H,35,39)(H,36,42)/t22-,23?,24?,25?,26?/m1/s1. The first-order valence-electron chi connectivity index (χ1n) is 16.0. The number of carbonyl (C=O) groups is 5. The van der Waals surface area contributed by atoms with E-state index in [1.54, 1.807) is 32.9 Å². The van der Waals surface area contributed by atoms with Crippen LogP contribution in [0, 0.1) is 11.8 Å². The molecule has 2 saturated heterocycles. The van der Waals surface area contributed by atoms with Gasteiger partial charge in [-0.05, 0) is 79.1 Å². The smallest absolute Gasteiger partial charge is 0.408 e. The first-order valence-corrected chi connectivity index (χ1v) is 16.0. The lowest BCUT2D eigenvalue weighted by Crippen LogP contribution is -2.59. The van der Waals surface area contributed by atoms with Gasteiger partial charge in [0, 0.05) is 19.0 Å². The molecule has 0 aromatic rings. The molecule has 1 aliphatic carbocycles. The molecule has 0 aromatic carbocycles. The van der Waals surface area contributed by atoms with Crippen molar-refractivity contribution in [3.05, 3.63) is 25.3 Å². The minimum atomic E-state index is -1.09. The van der Waals surface area contributed by atoms with Gasteiger partial charge >= 0.3 is 6.09 Å². The number of amides is 4. The van der Waals surface area contributed by atoms with Gasteiger partial charge in [-0.3, -0.25) is 19.2 Å². The highest BCUT2D eigenvalue weighted by Crippen LogP contribution is 2.43. The molecule has 11 nitrogen and oxygen atoms in total. The molecule has 44 heavy (non-hydrogen) atoms. The third-order valence-electron chi connectivity index (χ3n) is 8.55. The van der Waals surface area contributed by atoms with Crippen LogP contribution in [0.1, 0.15) is 92.4 Å². The summed E-state index contributed by atoms with van der Waals surface area (Å²) in [4.78, 5) is 68.6. The van der Waals surface area contributed by atoms with Gasteiger partial charge in [0.2, 0.25) is 17.6 Å². The van der Waals surface area contributed by atoms with Gasteiger partial charge in [-0.2, -0.15) is 0 Å². The first-order chi connectivity index (χ1) is 20.7. The lowest BCUT2D eigenvalue weighted by Gasteiger charge is -2.36. The number of fused-ring (bicyclic) bond motifs is 1. The van der Waals surface area contributed by atoms with Crippen molar-refractivity contribution < 1.29 is 33.4 Å².